The van der Waals surface area contributed by atoms with E-state index in [1.807, 2.05) is 108 Å². The van der Waals surface area contributed by atoms with Gasteiger partial charge in [-0.15, -0.1) is 0 Å². The number of carbonyl (C=O) groups is 3. The molecule has 42 heteroatoms. The molecule has 144 heavy (non-hydrogen) atoms. The van der Waals surface area contributed by atoms with Gasteiger partial charge >= 0.3 is 41.0 Å². The number of pyridine rings is 8. The maximum absolute atomic E-state index is 12.9. The molecular weight excluding hydrogens is 1870 g/mol. The van der Waals surface area contributed by atoms with E-state index in [-0.39, 0.29) is 47.4 Å². The van der Waals surface area contributed by atoms with Gasteiger partial charge < -0.3 is 67.7 Å². The van der Waals surface area contributed by atoms with Gasteiger partial charge in [0, 0.05) is 199 Å². The van der Waals surface area contributed by atoms with Gasteiger partial charge in [-0.25, -0.2) is 52.4 Å². The molecule has 3 amide bonds. The number of alkyl halides is 3. The fourth-order valence-corrected chi connectivity index (χ4v) is 19.4. The molecule has 4 bridgehead atoms. The molecule has 10 aliphatic rings. The molecule has 4 atom stereocenters. The van der Waals surface area contributed by atoms with Crippen molar-refractivity contribution in [1.82, 2.24) is 88.2 Å². The first-order chi connectivity index (χ1) is 68.8. The van der Waals surface area contributed by atoms with Crippen molar-refractivity contribution >= 4 is 97.0 Å². The maximum atomic E-state index is 12.9. The molecule has 0 radical (unpaired) electrons. The summed E-state index contributed by atoms with van der Waals surface area (Å²) in [6, 6.07) is 33.9. The van der Waals surface area contributed by atoms with Crippen LogP contribution in [0.3, 0.4) is 0 Å². The normalized spacial score (nSPS) is 18.1. The van der Waals surface area contributed by atoms with Crippen LogP contribution in [0, 0.1) is 45.3 Å². The van der Waals surface area contributed by atoms with Gasteiger partial charge in [-0.2, -0.15) is 63.0 Å². The number of halogens is 3. The van der Waals surface area contributed by atoms with Crippen molar-refractivity contribution in [2.24, 2.45) is 0 Å². The van der Waals surface area contributed by atoms with Crippen LogP contribution in [0.5, 0.6) is 17.5 Å². The van der Waals surface area contributed by atoms with Crippen molar-refractivity contribution < 1.29 is 73.9 Å². The number of anilines is 2. The van der Waals surface area contributed by atoms with Crippen molar-refractivity contribution in [3.63, 3.8) is 0 Å². The molecule has 0 saturated carbocycles. The lowest BCUT2D eigenvalue weighted by Crippen LogP contribution is -2.68. The predicted octanol–water partition coefficient (Wildman–Crippen LogP) is 13.0. The molecule has 744 valence electrons. The minimum Gasteiger partial charge on any atom is -0.481 e. The van der Waals surface area contributed by atoms with Crippen LogP contribution >= 0.6 is 0 Å². The molecule has 12 aromatic heterocycles. The molecule has 37 nitrogen and oxygen atoms in total. The van der Waals surface area contributed by atoms with Gasteiger partial charge in [0.05, 0.1) is 72.2 Å². The van der Waals surface area contributed by atoms with E-state index in [9.17, 15) is 67.1 Å². The first-order valence-corrected chi connectivity index (χ1v) is 48.6. The smallest absolute Gasteiger partial charge is 0.481 e. The first kappa shape index (κ1) is 100. The third kappa shape index (κ3) is 22.3. The number of hydrogen-bond acceptors (Lipinski definition) is 30. The van der Waals surface area contributed by atoms with E-state index >= 15 is 0 Å². The van der Waals surface area contributed by atoms with Crippen LogP contribution in [0.25, 0.3) is 66.6 Å². The number of nitrogens with one attached hydrogen (secondary N) is 1. The number of piperazine rings is 2. The summed E-state index contributed by atoms with van der Waals surface area (Å²) in [6.45, 7) is 26.2. The second-order valence-corrected chi connectivity index (χ2v) is 40.7. The Balaban J connectivity index is 0.000000134. The molecule has 0 aromatic carbocycles. The lowest BCUT2D eigenvalue weighted by molar-refractivity contribution is -0.0500. The molecule has 3 N–H and O–H groups in total. The van der Waals surface area contributed by atoms with E-state index in [0.29, 0.717) is 109 Å². The van der Waals surface area contributed by atoms with E-state index < -0.39 is 51.4 Å². The zero-order valence-electron chi connectivity index (χ0n) is 81.4. The van der Waals surface area contributed by atoms with E-state index in [2.05, 4.69) is 132 Å². The Morgan fingerprint density at radius 1 is 0.458 bits per heavy atom. The summed E-state index contributed by atoms with van der Waals surface area (Å²) < 4.78 is 98.9. The highest BCUT2D eigenvalue weighted by Crippen LogP contribution is 2.42. The summed E-state index contributed by atoms with van der Waals surface area (Å²) in [4.78, 5) is 70.2. The summed E-state index contributed by atoms with van der Waals surface area (Å²) in [5.41, 5.74) is 9.29. The van der Waals surface area contributed by atoms with E-state index in [0.717, 1.165) is 148 Å². The number of hydrogen-bond donors (Lipinski definition) is 3. The number of carbonyl (C=O) groups excluding carboxylic acids is 3. The number of methoxy groups -OCH3 is 2. The number of piperidine rings is 2. The van der Waals surface area contributed by atoms with Gasteiger partial charge in [-0.3, -0.25) is 9.80 Å². The number of nitriles is 4. The third-order valence-corrected chi connectivity index (χ3v) is 27.0. The van der Waals surface area contributed by atoms with Gasteiger partial charge in [0.25, 0.3) is 0 Å². The Bertz CT molecular complexity index is 7300. The summed E-state index contributed by atoms with van der Waals surface area (Å²) in [5, 5.41) is 77.8. The first-order valence-electron chi connectivity index (χ1n) is 47.2. The van der Waals surface area contributed by atoms with Crippen molar-refractivity contribution in [2.75, 3.05) is 103 Å². The van der Waals surface area contributed by atoms with Crippen LogP contribution in [0.1, 0.15) is 156 Å². The highest BCUT2D eigenvalue weighted by atomic mass is 32.2. The maximum Gasteiger partial charge on any atom is 0.534 e. The van der Waals surface area contributed by atoms with Crippen molar-refractivity contribution in [2.45, 2.75) is 160 Å². The van der Waals surface area contributed by atoms with Gasteiger partial charge in [0.2, 0.25) is 11.8 Å². The fourth-order valence-electron chi connectivity index (χ4n) is 18.9. The molecular formula is C102H108BF3N24O13S. The predicted molar refractivity (Wildman–Crippen MR) is 530 cm³/mol. The average Bonchev–Trinajstić information content (AvgIpc) is 1.57. The summed E-state index contributed by atoms with van der Waals surface area (Å²) >= 11 is 0. The topological polar surface area (TPSA) is 432 Å². The minimum atomic E-state index is -5.97. The van der Waals surface area contributed by atoms with Gasteiger partial charge in [-0.05, 0) is 206 Å². The molecule has 4 unspecified atom stereocenters. The van der Waals surface area contributed by atoms with Gasteiger partial charge in [-0.1, -0.05) is 42.5 Å². The Morgan fingerprint density at radius 2 is 0.826 bits per heavy atom. The fraction of sp³-hybridized carbons (Fsp3) is 0.382. The number of nitrogens with zero attached hydrogens (tertiary/aromatic N) is 23. The van der Waals surface area contributed by atoms with Crippen molar-refractivity contribution in [1.29, 1.82) is 21.0 Å². The number of ether oxygens (including phenoxy) is 5. The molecule has 12 aromatic rings. The van der Waals surface area contributed by atoms with Crippen LogP contribution < -0.4 is 34.2 Å². The lowest BCUT2D eigenvalue weighted by Gasteiger charge is -2.56. The van der Waals surface area contributed by atoms with E-state index in [4.69, 9.17) is 33.7 Å². The summed E-state index contributed by atoms with van der Waals surface area (Å²) in [5.74, 6) is 2.57. The summed E-state index contributed by atoms with van der Waals surface area (Å²) in [6.07, 6.45) is 32.3. The van der Waals surface area contributed by atoms with Gasteiger partial charge in [0.1, 0.15) is 63.8 Å². The lowest BCUT2D eigenvalue weighted by atomic mass is 9.78. The zero-order chi connectivity index (χ0) is 102. The van der Waals surface area contributed by atoms with Crippen LogP contribution in [0.4, 0.5) is 39.2 Å². The van der Waals surface area contributed by atoms with Crippen molar-refractivity contribution in [3.05, 3.63) is 227 Å². The Kier molecular flexibility index (Phi) is 28.8. The molecule has 6 fully saturated rings. The molecule has 10 aliphatic heterocycles. The van der Waals surface area contributed by atoms with Gasteiger partial charge in [0.15, 0.2) is 5.75 Å². The molecule has 22 heterocycles. The SMILES string of the molecule is CC(C)(C)OC(=O)N1CC=C(c2cc(B(O)O)c3c(C#N)cnn3c2)CC1.CC(C)(C)OC(=O)N1CC=C(c2cc(OS(=O)(=O)C(F)(F)F)c3c(C#N)cnn3c2)CC1.COc1ccc(CN2C3CC2CN(c2ccc(-c4cc(C5=CCN(C(=O)OC(C)(C)C)CC5)cn5ncc(C#N)c45)cn2)C3)cn1.COc1ccc(CN2C3CC2CN(c2ccc(-c4cc(C5=CCNCC5)cn5ncc(C#N)c45)cn2)C3)cn1. The standard InChI is InChI=1S/C35H38N8O3.C30H30N8O.C19H19F3N4O5S.C18H21BN4O4/c1-35(2,3)46-34(44)40-11-9-24(10-12-40)26-13-30(33-27(15-36)18-39-43(33)20-26)25-6-7-31(37-17-25)41-21-28-14-29(22-41)42(28)19-23-5-8-32(45-4)38-16-23;1-39-29-5-2-20(13-34-29)16-37-25-11-26(37)19-36(18-25)28-4-3-22(14-33-28)27-10-23(21-6-8-32-9-7-21)17-38-30(27)24(12-31)15-35-38;1-18(2,3)30-17(27)25-6-4-12(5-7-25)13-8-15(31-32(28,29)19(20,21)22)16-14(9-23)10-24-26(16)11-13;1-18(2,3)27-17(24)22-6-4-12(5-7-22)13-8-15(19(25)26)16-14(9-20)10-21-23(16)11-13/h5-9,13,16-18,20,28-29H,10-12,14,19,21-22H2,1-4H3;2-6,10,13-15,17,25-26,32H,7-9,11,16,18-19H2,1H3;4,8,10-11H,5-7H2,1-3H3;4,8,10-11,25-26H,5-7H2,1-3H3. The number of amides is 3. The Hall–Kier alpha value is -15.3. The highest BCUT2D eigenvalue weighted by Gasteiger charge is 2.50. The van der Waals surface area contributed by atoms with E-state index in [1.54, 1.807) is 86.1 Å². The van der Waals surface area contributed by atoms with E-state index in [1.165, 1.54) is 51.4 Å². The zero-order valence-corrected chi connectivity index (χ0v) is 82.2. The number of fused-ring (bicyclic) bond motifs is 8. The van der Waals surface area contributed by atoms with Crippen LogP contribution in [0.2, 0.25) is 0 Å². The molecule has 22 rings (SSSR count). The van der Waals surface area contributed by atoms with Crippen molar-refractivity contribution in [3.8, 4) is 64.0 Å². The molecule has 0 spiro atoms. The quantitative estimate of drug-likeness (QED) is 0.0330. The average molecular weight is 1980 g/mol. The Morgan fingerprint density at radius 3 is 1.15 bits per heavy atom. The monoisotopic (exact) mass is 1980 g/mol. The minimum absolute atomic E-state index is 0.155. The Labute approximate surface area is 829 Å². The molecule has 0 aliphatic carbocycles. The second-order valence-electron chi connectivity index (χ2n) is 39.1. The second kappa shape index (κ2) is 41.3. The highest BCUT2D eigenvalue weighted by molar-refractivity contribution is 7.88. The number of rotatable bonds is 17. The third-order valence-electron chi connectivity index (χ3n) is 26.0. The van der Waals surface area contributed by atoms with Crippen LogP contribution in [-0.4, -0.2) is 266 Å². The molecule has 6 saturated heterocycles. The number of aromatic nitrogens is 12. The largest absolute Gasteiger partial charge is 0.534 e. The summed E-state index contributed by atoms with van der Waals surface area (Å²) in [7, 11) is -4.42. The van der Waals surface area contributed by atoms with Crippen LogP contribution in [-0.2, 0) is 37.4 Å². The van der Waals surface area contributed by atoms with Crippen LogP contribution in [0.15, 0.2) is 171 Å².